The fourth-order valence-corrected chi connectivity index (χ4v) is 1.71. The molecule has 0 bridgehead atoms. The third-order valence-electron chi connectivity index (χ3n) is 2.05. The summed E-state index contributed by atoms with van der Waals surface area (Å²) in [6.07, 6.45) is -0.426. The van der Waals surface area contributed by atoms with Crippen LogP contribution in [-0.4, -0.2) is 18.8 Å². The fourth-order valence-electron chi connectivity index (χ4n) is 1.30. The van der Waals surface area contributed by atoms with E-state index in [1.807, 2.05) is 39.0 Å². The summed E-state index contributed by atoms with van der Waals surface area (Å²) in [5, 5.41) is 2.69. The Morgan fingerprint density at radius 3 is 2.61 bits per heavy atom. The Kier molecular flexibility index (Phi) is 5.02. The number of ether oxygens (including phenoxy) is 2. The molecule has 18 heavy (non-hydrogen) atoms. The summed E-state index contributed by atoms with van der Waals surface area (Å²) in [4.78, 5) is 11.5. The third kappa shape index (κ3) is 4.96. The van der Waals surface area contributed by atoms with Crippen LogP contribution in [0.1, 0.15) is 26.3 Å². The first-order chi connectivity index (χ1) is 8.31. The van der Waals surface area contributed by atoms with Crippen LogP contribution in [0.4, 0.5) is 4.79 Å². The maximum Gasteiger partial charge on any atom is 0.407 e. The molecule has 0 aromatic heterocycles. The minimum Gasteiger partial charge on any atom is -0.496 e. The fraction of sp³-hybridized carbons (Fsp3) is 0.462. The molecule has 1 rings (SSSR count). The molecule has 0 aliphatic carbocycles. The highest BCUT2D eigenvalue weighted by atomic mass is 79.9. The first kappa shape index (κ1) is 14.8. The van der Waals surface area contributed by atoms with Gasteiger partial charge in [0.2, 0.25) is 0 Å². The minimum atomic E-state index is -0.485. The molecule has 5 heteroatoms. The van der Waals surface area contributed by atoms with Crippen molar-refractivity contribution < 1.29 is 14.3 Å². The van der Waals surface area contributed by atoms with Crippen LogP contribution in [-0.2, 0) is 11.3 Å². The maximum atomic E-state index is 11.5. The van der Waals surface area contributed by atoms with E-state index in [1.54, 1.807) is 7.11 Å². The third-order valence-corrected chi connectivity index (χ3v) is 2.71. The lowest BCUT2D eigenvalue weighted by atomic mass is 10.2. The Labute approximate surface area is 116 Å². The van der Waals surface area contributed by atoms with Gasteiger partial charge in [-0.15, -0.1) is 0 Å². The van der Waals surface area contributed by atoms with Crippen LogP contribution < -0.4 is 10.1 Å². The Morgan fingerprint density at radius 2 is 2.06 bits per heavy atom. The van der Waals surface area contributed by atoms with E-state index in [4.69, 9.17) is 9.47 Å². The van der Waals surface area contributed by atoms with Gasteiger partial charge in [0.05, 0.1) is 11.6 Å². The monoisotopic (exact) mass is 315 g/mol. The quantitative estimate of drug-likeness (QED) is 0.929. The molecule has 1 aromatic carbocycles. The Hall–Kier alpha value is -1.23. The number of methoxy groups -OCH3 is 1. The molecule has 4 nitrogen and oxygen atoms in total. The summed E-state index contributed by atoms with van der Waals surface area (Å²) in [7, 11) is 1.60. The van der Waals surface area contributed by atoms with E-state index in [2.05, 4.69) is 21.2 Å². The molecule has 0 aliphatic heterocycles. The molecule has 0 unspecified atom stereocenters. The SMILES string of the molecule is COc1cc(CNC(=O)OC(C)(C)C)ccc1Br. The molecule has 1 N–H and O–H groups in total. The average Bonchev–Trinajstić information content (AvgIpc) is 2.25. The van der Waals surface area contributed by atoms with E-state index >= 15 is 0 Å². The molecule has 0 spiro atoms. The predicted molar refractivity (Wildman–Crippen MR) is 73.8 cm³/mol. The minimum absolute atomic E-state index is 0.401. The van der Waals surface area contributed by atoms with E-state index in [0.29, 0.717) is 6.54 Å². The summed E-state index contributed by atoms with van der Waals surface area (Å²) in [6.45, 7) is 5.89. The summed E-state index contributed by atoms with van der Waals surface area (Å²) >= 11 is 3.37. The standard InChI is InChI=1S/C13H18BrNO3/c1-13(2,3)18-12(16)15-8-9-5-6-10(14)11(7-9)17-4/h5-7H,8H2,1-4H3,(H,15,16). The first-order valence-corrected chi connectivity index (χ1v) is 6.40. The molecule has 0 atom stereocenters. The van der Waals surface area contributed by atoms with Crippen molar-refractivity contribution >= 4 is 22.0 Å². The van der Waals surface area contributed by atoms with Crippen molar-refractivity contribution in [2.75, 3.05) is 7.11 Å². The Morgan fingerprint density at radius 1 is 1.39 bits per heavy atom. The van der Waals surface area contributed by atoms with E-state index < -0.39 is 11.7 Å². The lowest BCUT2D eigenvalue weighted by molar-refractivity contribution is 0.0523. The van der Waals surface area contributed by atoms with Gasteiger partial charge in [0, 0.05) is 6.54 Å². The summed E-state index contributed by atoms with van der Waals surface area (Å²) < 4.78 is 11.2. The van der Waals surface area contributed by atoms with Crippen LogP contribution >= 0.6 is 15.9 Å². The number of hydrogen-bond acceptors (Lipinski definition) is 3. The number of rotatable bonds is 3. The van der Waals surface area contributed by atoms with Gasteiger partial charge in [-0.25, -0.2) is 4.79 Å². The number of nitrogens with one attached hydrogen (secondary N) is 1. The number of carbonyl (C=O) groups excluding carboxylic acids is 1. The Bertz CT molecular complexity index is 427. The second kappa shape index (κ2) is 6.09. The molecule has 1 aromatic rings. The first-order valence-electron chi connectivity index (χ1n) is 5.61. The molecule has 100 valence electrons. The van der Waals surface area contributed by atoms with Crippen molar-refractivity contribution in [3.05, 3.63) is 28.2 Å². The smallest absolute Gasteiger partial charge is 0.407 e. The van der Waals surface area contributed by atoms with Crippen molar-refractivity contribution in [2.24, 2.45) is 0 Å². The van der Waals surface area contributed by atoms with Crippen LogP contribution in [0.15, 0.2) is 22.7 Å². The number of benzene rings is 1. The summed E-state index contributed by atoms with van der Waals surface area (Å²) in [5.41, 5.74) is 0.461. The number of alkyl carbamates (subject to hydrolysis) is 1. The van der Waals surface area contributed by atoms with Crippen LogP contribution in [0.25, 0.3) is 0 Å². The molecule has 1 amide bonds. The lowest BCUT2D eigenvalue weighted by Gasteiger charge is -2.19. The molecular weight excluding hydrogens is 298 g/mol. The molecule has 0 heterocycles. The topological polar surface area (TPSA) is 47.6 Å². The number of amides is 1. The summed E-state index contributed by atoms with van der Waals surface area (Å²) in [5.74, 6) is 0.735. The Balaban J connectivity index is 2.56. The van der Waals surface area contributed by atoms with Crippen molar-refractivity contribution in [1.29, 1.82) is 0 Å². The van der Waals surface area contributed by atoms with Gasteiger partial charge in [0.1, 0.15) is 11.4 Å². The molecule has 0 aliphatic rings. The largest absolute Gasteiger partial charge is 0.496 e. The molecule has 0 saturated carbocycles. The van der Waals surface area contributed by atoms with Crippen molar-refractivity contribution in [3.8, 4) is 5.75 Å². The van der Waals surface area contributed by atoms with Gasteiger partial charge in [0.25, 0.3) is 0 Å². The van der Waals surface area contributed by atoms with Gasteiger partial charge < -0.3 is 14.8 Å². The van der Waals surface area contributed by atoms with Crippen molar-refractivity contribution in [2.45, 2.75) is 32.9 Å². The van der Waals surface area contributed by atoms with Crippen LogP contribution in [0.3, 0.4) is 0 Å². The second-order valence-corrected chi connectivity index (χ2v) is 5.68. The van der Waals surface area contributed by atoms with Crippen LogP contribution in [0.5, 0.6) is 5.75 Å². The summed E-state index contributed by atoms with van der Waals surface area (Å²) in [6, 6.07) is 5.65. The normalized spacial score (nSPS) is 10.9. The van der Waals surface area contributed by atoms with Gasteiger partial charge in [0.15, 0.2) is 0 Å². The highest BCUT2D eigenvalue weighted by Gasteiger charge is 2.15. The van der Waals surface area contributed by atoms with E-state index in [9.17, 15) is 4.79 Å². The zero-order chi connectivity index (χ0) is 13.8. The maximum absolute atomic E-state index is 11.5. The highest BCUT2D eigenvalue weighted by Crippen LogP contribution is 2.25. The van der Waals surface area contributed by atoms with E-state index in [-0.39, 0.29) is 0 Å². The van der Waals surface area contributed by atoms with E-state index in [1.165, 1.54) is 0 Å². The predicted octanol–water partition coefficient (Wildman–Crippen LogP) is 3.48. The zero-order valence-electron chi connectivity index (χ0n) is 11.0. The van der Waals surface area contributed by atoms with E-state index in [0.717, 1.165) is 15.8 Å². The van der Waals surface area contributed by atoms with Gasteiger partial charge in [-0.3, -0.25) is 0 Å². The number of hydrogen-bond donors (Lipinski definition) is 1. The van der Waals surface area contributed by atoms with Crippen molar-refractivity contribution in [1.82, 2.24) is 5.32 Å². The second-order valence-electron chi connectivity index (χ2n) is 4.82. The molecule has 0 saturated heterocycles. The molecular formula is C13H18BrNO3. The van der Waals surface area contributed by atoms with Crippen LogP contribution in [0, 0.1) is 0 Å². The van der Waals surface area contributed by atoms with Crippen LogP contribution in [0.2, 0.25) is 0 Å². The van der Waals surface area contributed by atoms with Gasteiger partial charge in [-0.1, -0.05) is 6.07 Å². The van der Waals surface area contributed by atoms with Gasteiger partial charge >= 0.3 is 6.09 Å². The number of halogens is 1. The van der Waals surface area contributed by atoms with Crippen molar-refractivity contribution in [3.63, 3.8) is 0 Å². The van der Waals surface area contributed by atoms with Gasteiger partial charge in [-0.2, -0.15) is 0 Å². The van der Waals surface area contributed by atoms with Gasteiger partial charge in [-0.05, 0) is 54.4 Å². The zero-order valence-corrected chi connectivity index (χ0v) is 12.6. The molecule has 0 fully saturated rings. The lowest BCUT2D eigenvalue weighted by Crippen LogP contribution is -2.32. The average molecular weight is 316 g/mol. The highest BCUT2D eigenvalue weighted by molar-refractivity contribution is 9.10. The number of carbonyl (C=O) groups is 1. The molecule has 0 radical (unpaired) electrons.